The summed E-state index contributed by atoms with van der Waals surface area (Å²) in [5, 5.41) is 0. The number of anilines is 2. The summed E-state index contributed by atoms with van der Waals surface area (Å²) < 4.78 is 12.1. The second-order valence-electron chi connectivity index (χ2n) is 8.01. The molecule has 0 spiro atoms. The van der Waals surface area contributed by atoms with Crippen LogP contribution in [-0.4, -0.2) is 38.4 Å². The number of fused-ring (bicyclic) bond motifs is 2. The summed E-state index contributed by atoms with van der Waals surface area (Å²) in [5.74, 6) is 1.87. The van der Waals surface area contributed by atoms with Crippen LogP contribution in [0.1, 0.15) is 11.1 Å². The summed E-state index contributed by atoms with van der Waals surface area (Å²) in [4.78, 5) is 4.70. The van der Waals surface area contributed by atoms with Gasteiger partial charge >= 0.3 is 0 Å². The Morgan fingerprint density at radius 3 is 1.63 bits per heavy atom. The number of hydrogen-bond acceptors (Lipinski definition) is 4. The predicted octanol–water partition coefficient (Wildman–Crippen LogP) is 5.07. The quantitative estimate of drug-likeness (QED) is 0.630. The van der Waals surface area contributed by atoms with Crippen molar-refractivity contribution in [3.8, 4) is 11.5 Å². The Bertz CT molecular complexity index is 888. The molecule has 2 unspecified atom stereocenters. The van der Waals surface area contributed by atoms with Gasteiger partial charge in [-0.25, -0.2) is 0 Å². The van der Waals surface area contributed by atoms with Gasteiger partial charge in [-0.1, -0.05) is 37.4 Å². The van der Waals surface area contributed by atoms with Gasteiger partial charge in [0.15, 0.2) is 0 Å². The molecule has 2 aliphatic rings. The Labute approximate surface area is 179 Å². The van der Waals surface area contributed by atoms with Gasteiger partial charge in [0.1, 0.15) is 23.7 Å². The van der Waals surface area contributed by atoms with Crippen molar-refractivity contribution < 1.29 is 9.47 Å². The predicted molar refractivity (Wildman–Crippen MR) is 125 cm³/mol. The van der Waals surface area contributed by atoms with E-state index in [9.17, 15) is 0 Å². The van der Waals surface area contributed by atoms with Gasteiger partial charge in [0.25, 0.3) is 0 Å². The molecule has 4 rings (SSSR count). The van der Waals surface area contributed by atoms with Gasteiger partial charge < -0.3 is 19.3 Å². The first-order chi connectivity index (χ1) is 14.6. The van der Waals surface area contributed by atoms with E-state index in [0.29, 0.717) is 0 Å². The zero-order valence-electron chi connectivity index (χ0n) is 17.9. The van der Waals surface area contributed by atoms with Crippen LogP contribution in [0.25, 0.3) is 0 Å². The molecule has 30 heavy (non-hydrogen) atoms. The van der Waals surface area contributed by atoms with Crippen LogP contribution in [0.4, 0.5) is 11.4 Å². The van der Waals surface area contributed by atoms with Gasteiger partial charge in [0, 0.05) is 13.1 Å². The lowest BCUT2D eigenvalue weighted by atomic mass is 10.1. The van der Waals surface area contributed by atoms with E-state index >= 15 is 0 Å². The Kier molecular flexibility index (Phi) is 5.84. The maximum Gasteiger partial charge on any atom is 0.143 e. The van der Waals surface area contributed by atoms with Gasteiger partial charge in [0.05, 0.1) is 24.5 Å². The Morgan fingerprint density at radius 1 is 0.800 bits per heavy atom. The van der Waals surface area contributed by atoms with Crippen LogP contribution in [-0.2, 0) is 0 Å². The van der Waals surface area contributed by atoms with E-state index in [1.54, 1.807) is 0 Å². The van der Waals surface area contributed by atoms with Crippen molar-refractivity contribution in [1.29, 1.82) is 0 Å². The largest absolute Gasteiger partial charge is 0.482 e. The summed E-state index contributed by atoms with van der Waals surface area (Å²) in [6.45, 7) is 15.3. The molecule has 0 fully saturated rings. The normalized spacial score (nSPS) is 20.2. The average molecular weight is 403 g/mol. The van der Waals surface area contributed by atoms with Crippen LogP contribution < -0.4 is 19.3 Å². The van der Waals surface area contributed by atoms with Crippen LogP contribution in [0.5, 0.6) is 11.5 Å². The maximum absolute atomic E-state index is 6.05. The molecule has 0 amide bonds. The molecule has 2 heterocycles. The van der Waals surface area contributed by atoms with Crippen molar-refractivity contribution in [1.82, 2.24) is 0 Å². The minimum absolute atomic E-state index is 0.00964. The number of rotatable bonds is 6. The summed E-state index contributed by atoms with van der Waals surface area (Å²) in [6.07, 6.45) is 8.25. The van der Waals surface area contributed by atoms with Crippen molar-refractivity contribution in [2.45, 2.75) is 26.1 Å². The van der Waals surface area contributed by atoms with Gasteiger partial charge in [-0.2, -0.15) is 0 Å². The SMILES string of the molecule is C=CC1CN(C/C=C/CN2CC(C=C)Oc3cc(C)ccc32)c2ccc(C)cc2O1. The van der Waals surface area contributed by atoms with Crippen LogP contribution in [0.15, 0.2) is 73.9 Å². The molecule has 2 aromatic carbocycles. The summed E-state index contributed by atoms with van der Waals surface area (Å²) in [7, 11) is 0. The lowest BCUT2D eigenvalue weighted by Gasteiger charge is -2.35. The van der Waals surface area contributed by atoms with Crippen LogP contribution in [0.3, 0.4) is 0 Å². The standard InChI is InChI=1S/C26H30N2O2/c1-5-21-17-27(23-11-9-19(3)15-25(23)29-21)13-7-8-14-28-18-22(6-2)30-26-16-20(4)10-12-24(26)28/h5-12,15-16,21-22H,1-2,13-14,17-18H2,3-4H3/b8-7+. The van der Waals surface area contributed by atoms with Crippen molar-refractivity contribution in [2.75, 3.05) is 36.0 Å². The molecule has 2 aromatic rings. The zero-order chi connectivity index (χ0) is 21.1. The number of aryl methyl sites for hydroxylation is 2. The molecule has 0 saturated carbocycles. The topological polar surface area (TPSA) is 24.9 Å². The molecule has 4 nitrogen and oxygen atoms in total. The van der Waals surface area contributed by atoms with E-state index in [-0.39, 0.29) is 12.2 Å². The Hall–Kier alpha value is -3.14. The number of nitrogens with zero attached hydrogens (tertiary/aromatic N) is 2. The molecule has 156 valence electrons. The molecule has 0 aromatic heterocycles. The second-order valence-corrected chi connectivity index (χ2v) is 8.01. The smallest absolute Gasteiger partial charge is 0.143 e. The first-order valence-corrected chi connectivity index (χ1v) is 10.5. The van der Waals surface area contributed by atoms with E-state index in [0.717, 1.165) is 49.1 Å². The number of ether oxygens (including phenoxy) is 2. The van der Waals surface area contributed by atoms with E-state index in [1.165, 1.54) is 11.1 Å². The minimum atomic E-state index is 0.00964. The highest BCUT2D eigenvalue weighted by Crippen LogP contribution is 2.35. The fourth-order valence-corrected chi connectivity index (χ4v) is 3.98. The van der Waals surface area contributed by atoms with Crippen LogP contribution in [0.2, 0.25) is 0 Å². The zero-order valence-corrected chi connectivity index (χ0v) is 17.9. The monoisotopic (exact) mass is 402 g/mol. The molecule has 2 atom stereocenters. The van der Waals surface area contributed by atoms with Crippen LogP contribution in [0, 0.1) is 13.8 Å². The third-order valence-corrected chi connectivity index (χ3v) is 5.61. The maximum atomic E-state index is 6.05. The van der Waals surface area contributed by atoms with E-state index in [1.807, 2.05) is 12.2 Å². The third-order valence-electron chi connectivity index (χ3n) is 5.61. The third kappa shape index (κ3) is 4.23. The Balaban J connectivity index is 1.46. The molecule has 0 radical (unpaired) electrons. The fraction of sp³-hybridized carbons (Fsp3) is 0.308. The minimum Gasteiger partial charge on any atom is -0.482 e. The fourth-order valence-electron chi connectivity index (χ4n) is 3.98. The van der Waals surface area contributed by atoms with Crippen molar-refractivity contribution in [3.63, 3.8) is 0 Å². The molecule has 0 bridgehead atoms. The van der Waals surface area contributed by atoms with Crippen molar-refractivity contribution >= 4 is 11.4 Å². The summed E-state index contributed by atoms with van der Waals surface area (Å²) in [5.41, 5.74) is 4.68. The number of benzene rings is 2. The molecular weight excluding hydrogens is 372 g/mol. The van der Waals surface area contributed by atoms with E-state index in [4.69, 9.17) is 9.47 Å². The first-order valence-electron chi connectivity index (χ1n) is 10.5. The van der Waals surface area contributed by atoms with E-state index in [2.05, 4.69) is 85.4 Å². The van der Waals surface area contributed by atoms with Crippen LogP contribution >= 0.6 is 0 Å². The van der Waals surface area contributed by atoms with Crippen molar-refractivity contribution in [3.05, 3.63) is 85.0 Å². The summed E-state index contributed by atoms with van der Waals surface area (Å²) in [6, 6.07) is 12.8. The average Bonchev–Trinajstić information content (AvgIpc) is 2.75. The molecular formula is C26H30N2O2. The van der Waals surface area contributed by atoms with Gasteiger partial charge in [0.2, 0.25) is 0 Å². The highest BCUT2D eigenvalue weighted by molar-refractivity contribution is 5.63. The molecule has 0 aliphatic carbocycles. The Morgan fingerprint density at radius 2 is 1.23 bits per heavy atom. The number of hydrogen-bond donors (Lipinski definition) is 0. The van der Waals surface area contributed by atoms with Gasteiger partial charge in [-0.3, -0.25) is 0 Å². The lowest BCUT2D eigenvalue weighted by Crippen LogP contribution is -2.40. The summed E-state index contributed by atoms with van der Waals surface area (Å²) >= 11 is 0. The molecule has 0 saturated heterocycles. The highest BCUT2D eigenvalue weighted by atomic mass is 16.5. The second kappa shape index (κ2) is 8.70. The van der Waals surface area contributed by atoms with Gasteiger partial charge in [-0.05, 0) is 61.4 Å². The molecule has 2 aliphatic heterocycles. The van der Waals surface area contributed by atoms with Crippen molar-refractivity contribution in [2.24, 2.45) is 0 Å². The first kappa shape index (κ1) is 20.1. The molecule has 4 heteroatoms. The lowest BCUT2D eigenvalue weighted by molar-refractivity contribution is 0.240. The van der Waals surface area contributed by atoms with E-state index < -0.39 is 0 Å². The molecule has 0 N–H and O–H groups in total. The highest BCUT2D eigenvalue weighted by Gasteiger charge is 2.24. The van der Waals surface area contributed by atoms with Gasteiger partial charge in [-0.15, -0.1) is 0 Å².